The number of nitrogens with zero attached hydrogens (tertiary/aromatic N) is 3. The number of likely N-dealkylation sites (N-methyl/N-ethyl adjacent to an activating group) is 1. The van der Waals surface area contributed by atoms with Gasteiger partial charge in [-0.05, 0) is 38.2 Å². The van der Waals surface area contributed by atoms with Crippen LogP contribution in [-0.4, -0.2) is 42.3 Å². The maximum atomic E-state index is 12.7. The molecule has 0 fully saturated rings. The lowest BCUT2D eigenvalue weighted by Gasteiger charge is -2.23. The summed E-state index contributed by atoms with van der Waals surface area (Å²) in [5.41, 5.74) is 6.88. The van der Waals surface area contributed by atoms with E-state index in [1.807, 2.05) is 0 Å². The van der Waals surface area contributed by atoms with Gasteiger partial charge in [0.2, 0.25) is 0 Å². The molecule has 1 heterocycles. The first kappa shape index (κ1) is 16.3. The molecule has 0 unspecified atom stereocenters. The van der Waals surface area contributed by atoms with E-state index in [2.05, 4.69) is 35.8 Å². The Morgan fingerprint density at radius 2 is 2.25 bits per heavy atom. The van der Waals surface area contributed by atoms with E-state index in [-0.39, 0.29) is 5.82 Å². The number of rotatable bonds is 7. The highest BCUT2D eigenvalue weighted by molar-refractivity contribution is 5.82. The average molecular weight is 278 g/mol. The van der Waals surface area contributed by atoms with E-state index in [9.17, 15) is 4.39 Å². The van der Waals surface area contributed by atoms with Crippen LogP contribution < -0.4 is 5.73 Å². The summed E-state index contributed by atoms with van der Waals surface area (Å²) in [4.78, 5) is 10.6. The van der Waals surface area contributed by atoms with Crippen LogP contribution in [0.25, 0.3) is 5.70 Å². The van der Waals surface area contributed by atoms with Gasteiger partial charge in [0.05, 0.1) is 24.1 Å². The molecule has 1 atom stereocenters. The molecule has 0 aliphatic carbocycles. The van der Waals surface area contributed by atoms with Gasteiger partial charge >= 0.3 is 0 Å². The summed E-state index contributed by atoms with van der Waals surface area (Å²) < 4.78 is 12.7. The second-order valence-corrected chi connectivity index (χ2v) is 4.63. The summed E-state index contributed by atoms with van der Waals surface area (Å²) in [6, 6.07) is 3.33. The molecule has 0 aliphatic heterocycles. The third kappa shape index (κ3) is 5.09. The summed E-state index contributed by atoms with van der Waals surface area (Å²) in [7, 11) is 2.09. The molecule has 5 heteroatoms. The predicted octanol–water partition coefficient (Wildman–Crippen LogP) is 2.32. The van der Waals surface area contributed by atoms with Crippen LogP contribution in [0, 0.1) is 5.82 Å². The lowest BCUT2D eigenvalue weighted by Crippen LogP contribution is -2.33. The van der Waals surface area contributed by atoms with E-state index in [0.29, 0.717) is 17.4 Å². The van der Waals surface area contributed by atoms with Crippen LogP contribution in [0.5, 0.6) is 0 Å². The van der Waals surface area contributed by atoms with Gasteiger partial charge in [-0.25, -0.2) is 4.39 Å². The van der Waals surface area contributed by atoms with Gasteiger partial charge in [-0.1, -0.05) is 13.8 Å². The van der Waals surface area contributed by atoms with Crippen molar-refractivity contribution in [1.29, 1.82) is 0 Å². The zero-order valence-corrected chi connectivity index (χ0v) is 12.4. The molecule has 20 heavy (non-hydrogen) atoms. The van der Waals surface area contributed by atoms with Gasteiger partial charge in [0.15, 0.2) is 0 Å². The van der Waals surface area contributed by atoms with Crippen LogP contribution in [0.15, 0.2) is 29.4 Å². The van der Waals surface area contributed by atoms with Gasteiger partial charge in [-0.2, -0.15) is 0 Å². The van der Waals surface area contributed by atoms with E-state index < -0.39 is 0 Å². The lowest BCUT2D eigenvalue weighted by atomic mass is 10.2. The van der Waals surface area contributed by atoms with E-state index >= 15 is 0 Å². The minimum atomic E-state index is -0.372. The minimum Gasteiger partial charge on any atom is -0.397 e. The molecule has 0 aliphatic rings. The quantitative estimate of drug-likeness (QED) is 0.779. The van der Waals surface area contributed by atoms with Crippen molar-refractivity contribution in [3.05, 3.63) is 35.9 Å². The standard InChI is InChI=1S/C15H23FN4/c1-4-13(20(3)5-2)11-18-9-8-14(17)15-7-6-12(16)10-19-15/h6-10,13H,4-5,11,17H2,1-3H3/b14-8-,18-9?/t13-/m0/s1. The molecule has 1 aromatic rings. The van der Waals surface area contributed by atoms with Crippen molar-refractivity contribution >= 4 is 11.9 Å². The van der Waals surface area contributed by atoms with Crippen molar-refractivity contribution in [3.63, 3.8) is 0 Å². The summed E-state index contributed by atoms with van der Waals surface area (Å²) in [5.74, 6) is -0.372. The van der Waals surface area contributed by atoms with Crippen LogP contribution in [0.2, 0.25) is 0 Å². The summed E-state index contributed by atoms with van der Waals surface area (Å²) in [6.45, 7) is 6.02. The third-order valence-corrected chi connectivity index (χ3v) is 3.29. The molecule has 4 nitrogen and oxygen atoms in total. The van der Waals surface area contributed by atoms with Crippen molar-refractivity contribution in [2.75, 3.05) is 20.1 Å². The Morgan fingerprint density at radius 3 is 2.80 bits per heavy atom. The van der Waals surface area contributed by atoms with Crippen molar-refractivity contribution in [2.24, 2.45) is 10.7 Å². The van der Waals surface area contributed by atoms with Gasteiger partial charge in [0.25, 0.3) is 0 Å². The van der Waals surface area contributed by atoms with Crippen LogP contribution in [0.1, 0.15) is 26.0 Å². The molecule has 0 saturated heterocycles. The van der Waals surface area contributed by atoms with Gasteiger partial charge in [0.1, 0.15) is 5.82 Å². The number of aliphatic imine (C=N–C) groups is 1. The number of nitrogens with two attached hydrogens (primary N) is 1. The summed E-state index contributed by atoms with van der Waals surface area (Å²) >= 11 is 0. The highest BCUT2D eigenvalue weighted by Gasteiger charge is 2.08. The Balaban J connectivity index is 2.57. The van der Waals surface area contributed by atoms with Crippen molar-refractivity contribution < 1.29 is 4.39 Å². The first-order valence-corrected chi connectivity index (χ1v) is 6.86. The Kier molecular flexibility index (Phi) is 6.87. The Labute approximate surface area is 120 Å². The zero-order chi connectivity index (χ0) is 15.0. The van der Waals surface area contributed by atoms with Gasteiger partial charge in [0, 0.05) is 12.3 Å². The molecule has 0 saturated carbocycles. The topological polar surface area (TPSA) is 54.5 Å². The van der Waals surface area contributed by atoms with Crippen LogP contribution in [0.3, 0.4) is 0 Å². The fourth-order valence-electron chi connectivity index (χ4n) is 1.79. The molecular formula is C15H23FN4. The largest absolute Gasteiger partial charge is 0.397 e. The van der Waals surface area contributed by atoms with Crippen LogP contribution in [0.4, 0.5) is 4.39 Å². The maximum Gasteiger partial charge on any atom is 0.141 e. The number of hydrogen-bond donors (Lipinski definition) is 1. The molecule has 0 bridgehead atoms. The van der Waals surface area contributed by atoms with Crippen molar-refractivity contribution in [2.45, 2.75) is 26.3 Å². The number of pyridine rings is 1. The molecule has 110 valence electrons. The Hall–Kier alpha value is -1.75. The fraction of sp³-hybridized carbons (Fsp3) is 0.467. The van der Waals surface area contributed by atoms with E-state index in [4.69, 9.17) is 5.73 Å². The minimum absolute atomic E-state index is 0.372. The van der Waals surface area contributed by atoms with E-state index in [1.54, 1.807) is 18.4 Å². The Bertz CT molecular complexity index is 453. The van der Waals surface area contributed by atoms with Gasteiger partial charge in [-0.15, -0.1) is 0 Å². The maximum absolute atomic E-state index is 12.7. The molecule has 0 spiro atoms. The summed E-state index contributed by atoms with van der Waals surface area (Å²) in [5, 5.41) is 0. The van der Waals surface area contributed by atoms with Crippen molar-refractivity contribution in [3.8, 4) is 0 Å². The molecule has 1 aromatic heterocycles. The predicted molar refractivity (Wildman–Crippen MR) is 82.1 cm³/mol. The molecule has 0 radical (unpaired) electrons. The van der Waals surface area contributed by atoms with Crippen molar-refractivity contribution in [1.82, 2.24) is 9.88 Å². The average Bonchev–Trinajstić information content (AvgIpc) is 2.47. The number of hydrogen-bond acceptors (Lipinski definition) is 4. The van der Waals surface area contributed by atoms with E-state index in [1.165, 1.54) is 6.07 Å². The number of halogens is 1. The normalized spacial score (nSPS) is 14.2. The SMILES string of the molecule is CC[C@@H](CN=C/C=C(\N)c1ccc(F)cn1)N(C)CC. The smallest absolute Gasteiger partial charge is 0.141 e. The first-order valence-electron chi connectivity index (χ1n) is 6.86. The second-order valence-electron chi connectivity index (χ2n) is 4.63. The molecule has 2 N–H and O–H groups in total. The monoisotopic (exact) mass is 278 g/mol. The van der Waals surface area contributed by atoms with Gasteiger partial charge < -0.3 is 10.6 Å². The molecule has 0 amide bonds. The number of allylic oxidation sites excluding steroid dienone is 1. The molecular weight excluding hydrogens is 255 g/mol. The molecule has 0 aromatic carbocycles. The van der Waals surface area contributed by atoms with Gasteiger partial charge in [-0.3, -0.25) is 9.98 Å². The summed E-state index contributed by atoms with van der Waals surface area (Å²) in [6.07, 6.45) is 5.59. The second kappa shape index (κ2) is 8.43. The number of aromatic nitrogens is 1. The highest BCUT2D eigenvalue weighted by Crippen LogP contribution is 2.05. The van der Waals surface area contributed by atoms with Crippen LogP contribution in [-0.2, 0) is 0 Å². The fourth-order valence-corrected chi connectivity index (χ4v) is 1.79. The highest BCUT2D eigenvalue weighted by atomic mass is 19.1. The first-order chi connectivity index (χ1) is 9.58. The zero-order valence-electron chi connectivity index (χ0n) is 12.4. The van der Waals surface area contributed by atoms with Crippen LogP contribution >= 0.6 is 0 Å². The van der Waals surface area contributed by atoms with E-state index in [0.717, 1.165) is 25.7 Å². The Morgan fingerprint density at radius 1 is 1.50 bits per heavy atom. The molecule has 1 rings (SSSR count). The third-order valence-electron chi connectivity index (χ3n) is 3.29. The lowest BCUT2D eigenvalue weighted by molar-refractivity contribution is 0.254.